The van der Waals surface area contributed by atoms with Gasteiger partial charge in [-0.15, -0.1) is 0 Å². The van der Waals surface area contributed by atoms with E-state index in [1.165, 1.54) is 5.69 Å². The van der Waals surface area contributed by atoms with E-state index < -0.39 is 0 Å². The Balaban J connectivity index is 2.05. The molecule has 2 N–H and O–H groups in total. The molecule has 2 rings (SSSR count). The Labute approximate surface area is 151 Å². The van der Waals surface area contributed by atoms with Crippen molar-refractivity contribution < 1.29 is 0 Å². The second-order valence-electron chi connectivity index (χ2n) is 6.26. The number of aromatic nitrogens is 2. The molecular weight excluding hydrogens is 312 g/mol. The van der Waals surface area contributed by atoms with Gasteiger partial charge in [0.15, 0.2) is 0 Å². The van der Waals surface area contributed by atoms with Gasteiger partial charge in [0.25, 0.3) is 0 Å². The molecule has 0 fully saturated rings. The normalized spacial score (nSPS) is 10.8. The van der Waals surface area contributed by atoms with E-state index in [2.05, 4.69) is 82.6 Å². The van der Waals surface area contributed by atoms with Crippen LogP contribution in [0.3, 0.4) is 0 Å². The van der Waals surface area contributed by atoms with Crippen LogP contribution in [0.4, 0.5) is 23.0 Å². The zero-order valence-electron chi connectivity index (χ0n) is 16.0. The number of benzene rings is 1. The van der Waals surface area contributed by atoms with E-state index in [-0.39, 0.29) is 0 Å². The largest absolute Gasteiger partial charge is 0.372 e. The Morgan fingerprint density at radius 3 is 2.20 bits per heavy atom. The Bertz CT molecular complexity index is 649. The summed E-state index contributed by atoms with van der Waals surface area (Å²) in [6.07, 6.45) is 0. The molecule has 0 bridgehead atoms. The smallest absolute Gasteiger partial charge is 0.136 e. The summed E-state index contributed by atoms with van der Waals surface area (Å²) in [5.41, 5.74) is 2.26. The van der Waals surface area contributed by atoms with Crippen LogP contribution in [0.5, 0.6) is 0 Å². The predicted octanol–water partition coefficient (Wildman–Crippen LogP) is 3.35. The number of nitrogens with zero attached hydrogens (tertiary/aromatic N) is 4. The number of hydrogen-bond donors (Lipinski definition) is 2. The second-order valence-corrected chi connectivity index (χ2v) is 6.26. The first-order valence-electron chi connectivity index (χ1n) is 8.88. The lowest BCUT2D eigenvalue weighted by Crippen LogP contribution is -2.21. The minimum absolute atomic E-state index is 0.747. The second kappa shape index (κ2) is 9.22. The lowest BCUT2D eigenvalue weighted by Gasteiger charge is -2.21. The van der Waals surface area contributed by atoms with Gasteiger partial charge in [-0.1, -0.05) is 0 Å². The third-order valence-corrected chi connectivity index (χ3v) is 3.97. The Kier molecular flexibility index (Phi) is 7.01. The van der Waals surface area contributed by atoms with E-state index in [4.69, 9.17) is 0 Å². The topological polar surface area (TPSA) is 56.3 Å². The first-order chi connectivity index (χ1) is 12.0. The molecule has 0 aliphatic carbocycles. The fourth-order valence-electron chi connectivity index (χ4n) is 2.62. The highest BCUT2D eigenvalue weighted by atomic mass is 15.1. The summed E-state index contributed by atoms with van der Waals surface area (Å²) in [5.74, 6) is 2.39. The maximum Gasteiger partial charge on any atom is 0.136 e. The van der Waals surface area contributed by atoms with Crippen molar-refractivity contribution in [1.82, 2.24) is 14.9 Å². The predicted molar refractivity (Wildman–Crippen MR) is 107 cm³/mol. The van der Waals surface area contributed by atoms with Crippen molar-refractivity contribution in [3.63, 3.8) is 0 Å². The van der Waals surface area contributed by atoms with Gasteiger partial charge in [0.05, 0.1) is 0 Å². The van der Waals surface area contributed by atoms with Crippen LogP contribution in [-0.4, -0.2) is 55.1 Å². The van der Waals surface area contributed by atoms with Crippen molar-refractivity contribution in [2.24, 2.45) is 0 Å². The van der Waals surface area contributed by atoms with E-state index in [0.717, 1.165) is 49.3 Å². The van der Waals surface area contributed by atoms with E-state index in [1.54, 1.807) is 0 Å². The van der Waals surface area contributed by atoms with Crippen LogP contribution in [0.1, 0.15) is 19.7 Å². The molecule has 1 heterocycles. The summed E-state index contributed by atoms with van der Waals surface area (Å²) in [6.45, 7) is 10.1. The quantitative estimate of drug-likeness (QED) is 0.729. The standard InChI is InChI=1S/C19H30N6/c1-6-25(7-2)17-10-8-16(9-11-17)23-19-14-18(21-15(3)22-19)20-12-13-24(4)5/h8-11,14H,6-7,12-13H2,1-5H3,(H2,20,21,22,23). The fraction of sp³-hybridized carbons (Fsp3) is 0.474. The molecule has 1 aromatic carbocycles. The van der Waals surface area contributed by atoms with Crippen molar-refractivity contribution >= 4 is 23.0 Å². The van der Waals surface area contributed by atoms with Gasteiger partial charge in [0, 0.05) is 43.6 Å². The number of rotatable bonds is 9. The van der Waals surface area contributed by atoms with Crippen LogP contribution in [0.2, 0.25) is 0 Å². The van der Waals surface area contributed by atoms with E-state index in [9.17, 15) is 0 Å². The first kappa shape index (κ1) is 19.0. The molecule has 0 amide bonds. The lowest BCUT2D eigenvalue weighted by atomic mass is 10.2. The van der Waals surface area contributed by atoms with Crippen molar-refractivity contribution in [2.45, 2.75) is 20.8 Å². The van der Waals surface area contributed by atoms with Crippen LogP contribution in [0, 0.1) is 6.92 Å². The van der Waals surface area contributed by atoms with Crippen LogP contribution in [0.25, 0.3) is 0 Å². The Hall–Kier alpha value is -2.34. The van der Waals surface area contributed by atoms with Crippen molar-refractivity contribution in [3.05, 3.63) is 36.2 Å². The number of likely N-dealkylation sites (N-methyl/N-ethyl adjacent to an activating group) is 1. The van der Waals surface area contributed by atoms with E-state index >= 15 is 0 Å². The molecule has 2 aromatic rings. The molecule has 0 saturated heterocycles. The maximum absolute atomic E-state index is 4.48. The average molecular weight is 342 g/mol. The molecule has 0 unspecified atom stereocenters. The molecule has 0 atom stereocenters. The summed E-state index contributed by atoms with van der Waals surface area (Å²) in [6, 6.07) is 10.4. The van der Waals surface area contributed by atoms with Crippen molar-refractivity contribution in [1.29, 1.82) is 0 Å². The molecule has 0 radical (unpaired) electrons. The van der Waals surface area contributed by atoms with Gasteiger partial charge in [0.1, 0.15) is 17.5 Å². The van der Waals surface area contributed by atoms with Crippen LogP contribution >= 0.6 is 0 Å². The lowest BCUT2D eigenvalue weighted by molar-refractivity contribution is 0.425. The summed E-state index contributed by atoms with van der Waals surface area (Å²) in [7, 11) is 4.11. The summed E-state index contributed by atoms with van der Waals surface area (Å²) in [5, 5.41) is 6.71. The fourth-order valence-corrected chi connectivity index (χ4v) is 2.62. The monoisotopic (exact) mass is 342 g/mol. The molecule has 0 spiro atoms. The number of anilines is 4. The molecule has 6 nitrogen and oxygen atoms in total. The Morgan fingerprint density at radius 2 is 1.60 bits per heavy atom. The summed E-state index contributed by atoms with van der Waals surface area (Å²) in [4.78, 5) is 13.4. The summed E-state index contributed by atoms with van der Waals surface area (Å²) < 4.78 is 0. The molecule has 0 aliphatic rings. The first-order valence-corrected chi connectivity index (χ1v) is 8.88. The summed E-state index contributed by atoms with van der Waals surface area (Å²) >= 11 is 0. The highest BCUT2D eigenvalue weighted by molar-refractivity contribution is 5.62. The number of aryl methyl sites for hydroxylation is 1. The van der Waals surface area contributed by atoms with Gasteiger partial charge < -0.3 is 20.4 Å². The molecule has 0 aliphatic heterocycles. The zero-order chi connectivity index (χ0) is 18.2. The third-order valence-electron chi connectivity index (χ3n) is 3.97. The molecular formula is C19H30N6. The molecule has 25 heavy (non-hydrogen) atoms. The van der Waals surface area contributed by atoms with Gasteiger partial charge in [-0.2, -0.15) is 0 Å². The van der Waals surface area contributed by atoms with Gasteiger partial charge >= 0.3 is 0 Å². The molecule has 136 valence electrons. The number of nitrogens with one attached hydrogen (secondary N) is 2. The molecule has 6 heteroatoms. The van der Waals surface area contributed by atoms with Crippen molar-refractivity contribution in [3.8, 4) is 0 Å². The van der Waals surface area contributed by atoms with Crippen LogP contribution < -0.4 is 15.5 Å². The van der Waals surface area contributed by atoms with E-state index in [0.29, 0.717) is 0 Å². The zero-order valence-corrected chi connectivity index (χ0v) is 16.0. The van der Waals surface area contributed by atoms with Gasteiger partial charge in [-0.05, 0) is 59.1 Å². The SMILES string of the molecule is CCN(CC)c1ccc(Nc2cc(NCCN(C)C)nc(C)n2)cc1. The van der Waals surface area contributed by atoms with Gasteiger partial charge in [-0.3, -0.25) is 0 Å². The minimum atomic E-state index is 0.747. The Morgan fingerprint density at radius 1 is 0.960 bits per heavy atom. The van der Waals surface area contributed by atoms with Crippen LogP contribution in [0.15, 0.2) is 30.3 Å². The maximum atomic E-state index is 4.48. The van der Waals surface area contributed by atoms with E-state index in [1.807, 2.05) is 13.0 Å². The molecule has 1 aromatic heterocycles. The minimum Gasteiger partial charge on any atom is -0.372 e. The third kappa shape index (κ3) is 5.90. The number of hydrogen-bond acceptors (Lipinski definition) is 6. The van der Waals surface area contributed by atoms with Gasteiger partial charge in [0.2, 0.25) is 0 Å². The highest BCUT2D eigenvalue weighted by Gasteiger charge is 2.05. The van der Waals surface area contributed by atoms with Crippen molar-refractivity contribution in [2.75, 3.05) is 55.8 Å². The van der Waals surface area contributed by atoms with Gasteiger partial charge in [-0.25, -0.2) is 9.97 Å². The highest BCUT2D eigenvalue weighted by Crippen LogP contribution is 2.21. The average Bonchev–Trinajstić information content (AvgIpc) is 2.56. The van der Waals surface area contributed by atoms with Crippen LogP contribution in [-0.2, 0) is 0 Å². The molecule has 0 saturated carbocycles.